The van der Waals surface area contributed by atoms with Gasteiger partial charge in [0.05, 0.1) is 6.10 Å². The van der Waals surface area contributed by atoms with E-state index in [9.17, 15) is 5.11 Å². The molecule has 0 saturated carbocycles. The monoisotopic (exact) mass is 340 g/mol. The average Bonchev–Trinajstić information content (AvgIpc) is 2.63. The number of rotatable bonds is 12. The van der Waals surface area contributed by atoms with Crippen LogP contribution in [0.1, 0.15) is 56.6 Å². The highest BCUT2D eigenvalue weighted by molar-refractivity contribution is 5.32. The zero-order chi connectivity index (χ0) is 17.7. The van der Waals surface area contributed by atoms with Crippen molar-refractivity contribution in [2.24, 2.45) is 0 Å². The van der Waals surface area contributed by atoms with Gasteiger partial charge in [-0.25, -0.2) is 0 Å². The van der Waals surface area contributed by atoms with Crippen LogP contribution < -0.4 is 0 Å². The van der Waals surface area contributed by atoms with Gasteiger partial charge in [-0.3, -0.25) is 0 Å². The van der Waals surface area contributed by atoms with E-state index >= 15 is 0 Å². The van der Waals surface area contributed by atoms with Crippen molar-refractivity contribution in [3.8, 4) is 5.75 Å². The van der Waals surface area contributed by atoms with E-state index in [1.54, 1.807) is 6.07 Å². The number of ether oxygens (including phenoxy) is 1. The Morgan fingerprint density at radius 1 is 0.800 bits per heavy atom. The predicted octanol–water partition coefficient (Wildman–Crippen LogP) is 5.92. The van der Waals surface area contributed by atoms with E-state index in [1.807, 2.05) is 18.2 Å². The molecule has 1 unspecified atom stereocenters. The number of phenols is 1. The zero-order valence-electron chi connectivity index (χ0n) is 15.5. The van der Waals surface area contributed by atoms with Crippen molar-refractivity contribution in [3.05, 3.63) is 65.7 Å². The molecule has 136 valence electrons. The van der Waals surface area contributed by atoms with Crippen LogP contribution >= 0.6 is 0 Å². The van der Waals surface area contributed by atoms with E-state index in [1.165, 1.54) is 44.1 Å². The Kier molecular flexibility index (Phi) is 9.14. The maximum absolute atomic E-state index is 9.79. The quantitative estimate of drug-likeness (QED) is 0.486. The van der Waals surface area contributed by atoms with Crippen LogP contribution in [0.25, 0.3) is 0 Å². The summed E-state index contributed by atoms with van der Waals surface area (Å²) in [5.74, 6) is 0.369. The molecular formula is C23H32O2. The zero-order valence-corrected chi connectivity index (χ0v) is 15.5. The van der Waals surface area contributed by atoms with Gasteiger partial charge in [0.1, 0.15) is 5.75 Å². The molecule has 2 aromatic carbocycles. The van der Waals surface area contributed by atoms with Gasteiger partial charge >= 0.3 is 0 Å². The molecule has 0 aliphatic heterocycles. The van der Waals surface area contributed by atoms with E-state index < -0.39 is 0 Å². The Morgan fingerprint density at radius 2 is 1.44 bits per heavy atom. The Labute approximate surface area is 152 Å². The second kappa shape index (κ2) is 11.7. The number of hydrogen-bond donors (Lipinski definition) is 1. The van der Waals surface area contributed by atoms with Crippen LogP contribution in [0.4, 0.5) is 0 Å². The largest absolute Gasteiger partial charge is 0.508 e. The smallest absolute Gasteiger partial charge is 0.118 e. The molecule has 2 nitrogen and oxygen atoms in total. The highest BCUT2D eigenvalue weighted by Crippen LogP contribution is 2.18. The number of hydrogen-bond acceptors (Lipinski definition) is 2. The van der Waals surface area contributed by atoms with Crippen molar-refractivity contribution in [2.75, 3.05) is 6.61 Å². The molecule has 0 aromatic heterocycles. The fourth-order valence-corrected chi connectivity index (χ4v) is 3.12. The maximum Gasteiger partial charge on any atom is 0.118 e. The summed E-state index contributed by atoms with van der Waals surface area (Å²) in [7, 11) is 0. The molecule has 1 N–H and O–H groups in total. The third-order valence-electron chi connectivity index (χ3n) is 4.60. The van der Waals surface area contributed by atoms with Crippen molar-refractivity contribution < 1.29 is 9.84 Å². The lowest BCUT2D eigenvalue weighted by Gasteiger charge is -2.14. The number of aryl methyl sites for hydroxylation is 1. The van der Waals surface area contributed by atoms with E-state index in [2.05, 4.69) is 37.3 Å². The Bertz CT molecular complexity index is 580. The van der Waals surface area contributed by atoms with Gasteiger partial charge < -0.3 is 9.84 Å². The second-order valence-corrected chi connectivity index (χ2v) is 6.87. The van der Waals surface area contributed by atoms with Crippen molar-refractivity contribution in [3.63, 3.8) is 0 Å². The van der Waals surface area contributed by atoms with Gasteiger partial charge in [0, 0.05) is 13.0 Å². The van der Waals surface area contributed by atoms with Crippen LogP contribution in [0.2, 0.25) is 0 Å². The van der Waals surface area contributed by atoms with Crippen LogP contribution in [-0.4, -0.2) is 17.8 Å². The van der Waals surface area contributed by atoms with Gasteiger partial charge in [-0.1, -0.05) is 74.2 Å². The average molecular weight is 341 g/mol. The Hall–Kier alpha value is -1.80. The van der Waals surface area contributed by atoms with Gasteiger partial charge in [-0.2, -0.15) is 0 Å². The Balaban J connectivity index is 1.43. The van der Waals surface area contributed by atoms with E-state index in [0.29, 0.717) is 5.75 Å². The SMILES string of the molecule is CC(Cc1ccccc1O)OCCCCCCCCc1ccccc1. The van der Waals surface area contributed by atoms with Crippen LogP contribution in [0.15, 0.2) is 54.6 Å². The molecule has 0 aliphatic carbocycles. The maximum atomic E-state index is 9.79. The summed E-state index contributed by atoms with van der Waals surface area (Å²) in [6, 6.07) is 18.3. The summed E-state index contributed by atoms with van der Waals surface area (Å²) in [6.07, 6.45) is 9.72. The number of phenolic OH excluding ortho intramolecular Hbond substituents is 1. The minimum atomic E-state index is 0.152. The summed E-state index contributed by atoms with van der Waals surface area (Å²) in [5.41, 5.74) is 2.42. The lowest BCUT2D eigenvalue weighted by atomic mass is 10.1. The Morgan fingerprint density at radius 3 is 2.20 bits per heavy atom. The minimum Gasteiger partial charge on any atom is -0.508 e. The lowest BCUT2D eigenvalue weighted by molar-refractivity contribution is 0.0631. The molecule has 2 heteroatoms. The molecule has 0 saturated heterocycles. The number of para-hydroxylation sites is 1. The number of aromatic hydroxyl groups is 1. The summed E-state index contributed by atoms with van der Waals surface area (Å²) in [6.45, 7) is 2.90. The third kappa shape index (κ3) is 8.22. The first kappa shape index (κ1) is 19.5. The number of unbranched alkanes of at least 4 members (excludes halogenated alkanes) is 5. The molecule has 0 amide bonds. The van der Waals surface area contributed by atoms with Gasteiger partial charge in [-0.05, 0) is 43.4 Å². The van der Waals surface area contributed by atoms with Gasteiger partial charge in [0.25, 0.3) is 0 Å². The normalized spacial score (nSPS) is 12.2. The van der Waals surface area contributed by atoms with Gasteiger partial charge in [-0.15, -0.1) is 0 Å². The second-order valence-electron chi connectivity index (χ2n) is 6.87. The fourth-order valence-electron chi connectivity index (χ4n) is 3.12. The van der Waals surface area contributed by atoms with Crippen LogP contribution in [-0.2, 0) is 17.6 Å². The van der Waals surface area contributed by atoms with Crippen molar-refractivity contribution >= 4 is 0 Å². The first-order chi connectivity index (χ1) is 12.3. The molecule has 0 bridgehead atoms. The van der Waals surface area contributed by atoms with E-state index in [0.717, 1.165) is 25.0 Å². The predicted molar refractivity (Wildman–Crippen MR) is 105 cm³/mol. The first-order valence-electron chi connectivity index (χ1n) is 9.68. The highest BCUT2D eigenvalue weighted by Gasteiger charge is 2.07. The standard InChI is InChI=1S/C23H32O2/c1-20(19-22-16-10-11-17-23(22)24)25-18-12-5-3-2-4-7-13-21-14-8-6-9-15-21/h6,8-11,14-17,20,24H,2-5,7,12-13,18-19H2,1H3. The van der Waals surface area contributed by atoms with Crippen molar-refractivity contribution in [1.82, 2.24) is 0 Å². The third-order valence-corrected chi connectivity index (χ3v) is 4.60. The van der Waals surface area contributed by atoms with Crippen LogP contribution in [0, 0.1) is 0 Å². The molecule has 0 heterocycles. The fraction of sp³-hybridized carbons (Fsp3) is 0.478. The molecular weight excluding hydrogens is 308 g/mol. The van der Waals surface area contributed by atoms with Crippen molar-refractivity contribution in [1.29, 1.82) is 0 Å². The summed E-state index contributed by atoms with van der Waals surface area (Å²) in [5, 5.41) is 9.79. The van der Waals surface area contributed by atoms with E-state index in [4.69, 9.17) is 4.74 Å². The molecule has 0 radical (unpaired) electrons. The first-order valence-corrected chi connectivity index (χ1v) is 9.68. The van der Waals surface area contributed by atoms with Crippen LogP contribution in [0.5, 0.6) is 5.75 Å². The van der Waals surface area contributed by atoms with Crippen LogP contribution in [0.3, 0.4) is 0 Å². The molecule has 25 heavy (non-hydrogen) atoms. The lowest BCUT2D eigenvalue weighted by Crippen LogP contribution is -2.12. The summed E-state index contributed by atoms with van der Waals surface area (Å²) in [4.78, 5) is 0. The molecule has 2 aromatic rings. The molecule has 2 rings (SSSR count). The molecule has 0 aliphatic rings. The number of benzene rings is 2. The van der Waals surface area contributed by atoms with E-state index in [-0.39, 0.29) is 6.10 Å². The minimum absolute atomic E-state index is 0.152. The van der Waals surface area contributed by atoms with Crippen molar-refractivity contribution in [2.45, 2.75) is 64.4 Å². The van der Waals surface area contributed by atoms with Gasteiger partial charge in [0.2, 0.25) is 0 Å². The summed E-state index contributed by atoms with van der Waals surface area (Å²) < 4.78 is 5.88. The molecule has 0 fully saturated rings. The van der Waals surface area contributed by atoms with Gasteiger partial charge in [0.15, 0.2) is 0 Å². The molecule has 0 spiro atoms. The topological polar surface area (TPSA) is 29.5 Å². The highest BCUT2D eigenvalue weighted by atomic mass is 16.5. The molecule has 1 atom stereocenters. The summed E-state index contributed by atoms with van der Waals surface area (Å²) >= 11 is 0.